The Morgan fingerprint density at radius 1 is 0.500 bits per heavy atom. The summed E-state index contributed by atoms with van der Waals surface area (Å²) in [4.78, 5) is 139. The molecule has 0 radical (unpaired) electrons. The van der Waals surface area contributed by atoms with Gasteiger partial charge in [-0.1, -0.05) is 12.2 Å². The predicted octanol–water partition coefficient (Wildman–Crippen LogP) is -3.35. The third-order valence-corrected chi connectivity index (χ3v) is 9.73. The normalized spacial score (nSPS) is 14.8. The molecular weight excluding hydrogens is 869 g/mol. The molecule has 0 saturated heterocycles. The number of carbonyl (C=O) groups excluding carboxylic acids is 8. The zero-order valence-electron chi connectivity index (χ0n) is 36.1. The van der Waals surface area contributed by atoms with Gasteiger partial charge in [-0.25, -0.2) is 0 Å². The number of nitrogens with one attached hydrogen (secondary N) is 7. The largest absolute Gasteiger partial charge is 0.481 e. The van der Waals surface area contributed by atoms with Crippen LogP contribution < -0.4 is 54.4 Å². The highest BCUT2D eigenvalue weighted by atomic mass is 16.4. The quantitative estimate of drug-likeness (QED) is 0.0226. The van der Waals surface area contributed by atoms with Crippen molar-refractivity contribution in [2.24, 2.45) is 17.2 Å². The molecule has 24 heteroatoms. The second-order valence-electron chi connectivity index (χ2n) is 15.1. The lowest BCUT2D eigenvalue weighted by Crippen LogP contribution is -2.60. The number of unbranched alkanes of at least 4 members (excludes halogenated alkanes) is 3. The van der Waals surface area contributed by atoms with Gasteiger partial charge in [0.25, 0.3) is 11.8 Å². The van der Waals surface area contributed by atoms with Crippen LogP contribution in [0.5, 0.6) is 0 Å². The molecular formula is C42H58N10O14. The van der Waals surface area contributed by atoms with Gasteiger partial charge in [0.1, 0.15) is 30.2 Å². The van der Waals surface area contributed by atoms with Gasteiger partial charge in [-0.15, -0.1) is 11.5 Å². The van der Waals surface area contributed by atoms with Crippen LogP contribution in [-0.4, -0.2) is 136 Å². The Balaban J connectivity index is 2.19. The van der Waals surface area contributed by atoms with Crippen LogP contribution in [0.15, 0.2) is 59.1 Å². The van der Waals surface area contributed by atoms with Gasteiger partial charge in [-0.3, -0.25) is 52.7 Å². The number of hydrogen-bond donors (Lipinski definition) is 13. The first kappa shape index (κ1) is 54.7. The summed E-state index contributed by atoms with van der Waals surface area (Å²) in [5.74, 6) is -12.0. The van der Waals surface area contributed by atoms with Crippen LogP contribution in [0.4, 0.5) is 0 Å². The van der Waals surface area contributed by atoms with Gasteiger partial charge < -0.3 is 69.7 Å². The Kier molecular flexibility index (Phi) is 24.2. The zero-order valence-corrected chi connectivity index (χ0v) is 36.1. The molecule has 2 aliphatic rings. The van der Waals surface area contributed by atoms with E-state index < -0.39 is 115 Å². The highest BCUT2D eigenvalue weighted by molar-refractivity contribution is 5.99. The minimum Gasteiger partial charge on any atom is -0.481 e. The van der Waals surface area contributed by atoms with Gasteiger partial charge in [0.2, 0.25) is 35.4 Å². The molecule has 66 heavy (non-hydrogen) atoms. The van der Waals surface area contributed by atoms with E-state index in [0.29, 0.717) is 24.8 Å². The number of hydrogen-bond acceptors (Lipinski definition) is 13. The molecule has 2 aliphatic carbocycles. The van der Waals surface area contributed by atoms with Gasteiger partial charge >= 0.3 is 17.9 Å². The minimum absolute atomic E-state index is 0.0894. The Morgan fingerprint density at radius 3 is 1.26 bits per heavy atom. The van der Waals surface area contributed by atoms with Crippen LogP contribution in [0.25, 0.3) is 0 Å². The van der Waals surface area contributed by atoms with Crippen LogP contribution in [0, 0.1) is 0 Å². The lowest BCUT2D eigenvalue weighted by molar-refractivity contribution is -0.142. The molecule has 2 rings (SSSR count). The molecule has 6 atom stereocenters. The SMILES string of the molecule is NCCCC[C@H](NC(=O)[C@H](CC(=O)O)NC(=O)[C@@H](N)CCCCNC(=O)C1=C=CC=C1)C(=O)N[C@@H](CC(=O)O)C(=O)N[C@@H](CCCCNC(=O)C1=C=CC=C1)C(=O)N[C@@H](CC(=O)O)C(N)=O. The molecule has 0 heterocycles. The molecule has 16 N–H and O–H groups in total. The number of amides is 8. The summed E-state index contributed by atoms with van der Waals surface area (Å²) in [5, 5.41) is 45.1. The number of carboxylic acid groups (broad SMARTS) is 3. The van der Waals surface area contributed by atoms with Crippen molar-refractivity contribution in [2.75, 3.05) is 19.6 Å². The maximum atomic E-state index is 13.7. The first-order valence-electron chi connectivity index (χ1n) is 21.1. The fourth-order valence-electron chi connectivity index (χ4n) is 6.19. The van der Waals surface area contributed by atoms with Crippen LogP contribution >= 0.6 is 0 Å². The smallest absolute Gasteiger partial charge is 0.305 e. The van der Waals surface area contributed by atoms with E-state index in [1.165, 1.54) is 6.08 Å². The van der Waals surface area contributed by atoms with Gasteiger partial charge in [-0.05, 0) is 88.6 Å². The average Bonchev–Trinajstić information content (AvgIpc) is 4.00. The molecule has 0 aromatic carbocycles. The summed E-state index contributed by atoms with van der Waals surface area (Å²) in [7, 11) is 0. The maximum Gasteiger partial charge on any atom is 0.305 e. The third-order valence-electron chi connectivity index (χ3n) is 9.73. The molecule has 360 valence electrons. The summed E-state index contributed by atoms with van der Waals surface area (Å²) in [5.41, 5.74) is 23.0. The number of allylic oxidation sites excluding steroid dienone is 2. The average molecular weight is 927 g/mol. The Labute approximate surface area is 379 Å². The number of carboxylic acids is 3. The fraction of sp³-hybridized carbons (Fsp3) is 0.500. The predicted molar refractivity (Wildman–Crippen MR) is 232 cm³/mol. The van der Waals surface area contributed by atoms with E-state index in [1.807, 2.05) is 0 Å². The van der Waals surface area contributed by atoms with Gasteiger partial charge in [-0.2, -0.15) is 0 Å². The molecule has 8 amide bonds. The summed E-state index contributed by atoms with van der Waals surface area (Å²) in [6.07, 6.45) is 8.04. The highest BCUT2D eigenvalue weighted by Gasteiger charge is 2.34. The fourth-order valence-corrected chi connectivity index (χ4v) is 6.19. The standard InChI is InChI=1S/C42H58N10O14/c43-18-8-5-16-27(48-41(65)30(22-33(55)56)51-38(62)26(44)15-6-9-19-46-36(60)24-11-1-2-12-24)40(64)52-31(23-34(57)58)42(66)49-28(39(63)50-29(35(45)59)21-32(53)54)17-7-10-20-47-37(61)25-13-3-4-14-25/h1-4,11,13,26-31H,5-10,15-23,43-44H2,(H2,45,59)(H,46,60)(H,47,61)(H,48,65)(H,49,66)(H,50,63)(H,51,62)(H,52,64)(H,53,54)(H,55,56)(H,57,58)/t26-,27-,28-,29-,30-,31-/m0/s1. The van der Waals surface area contributed by atoms with Crippen molar-refractivity contribution in [3.63, 3.8) is 0 Å². The minimum atomic E-state index is -1.92. The first-order chi connectivity index (χ1) is 31.3. The molecule has 0 fully saturated rings. The van der Waals surface area contributed by atoms with Crippen LogP contribution in [0.1, 0.15) is 77.0 Å². The summed E-state index contributed by atoms with van der Waals surface area (Å²) >= 11 is 0. The van der Waals surface area contributed by atoms with E-state index in [1.54, 1.807) is 30.4 Å². The lowest BCUT2D eigenvalue weighted by atomic mass is 10.0. The molecule has 0 saturated carbocycles. The van der Waals surface area contributed by atoms with Crippen molar-refractivity contribution in [2.45, 2.75) is 113 Å². The Morgan fingerprint density at radius 2 is 0.864 bits per heavy atom. The lowest BCUT2D eigenvalue weighted by Gasteiger charge is -2.26. The Bertz CT molecular complexity index is 2040. The van der Waals surface area contributed by atoms with Crippen molar-refractivity contribution in [3.8, 4) is 0 Å². The molecule has 0 unspecified atom stereocenters. The molecule has 0 spiro atoms. The monoisotopic (exact) mass is 926 g/mol. The first-order valence-corrected chi connectivity index (χ1v) is 21.1. The van der Waals surface area contributed by atoms with Crippen molar-refractivity contribution >= 4 is 65.2 Å². The van der Waals surface area contributed by atoms with Crippen molar-refractivity contribution in [1.29, 1.82) is 0 Å². The number of carbonyl (C=O) groups is 11. The molecule has 0 bridgehead atoms. The van der Waals surface area contributed by atoms with E-state index in [9.17, 15) is 68.1 Å². The molecule has 24 nitrogen and oxygen atoms in total. The number of rotatable bonds is 33. The van der Waals surface area contributed by atoms with E-state index in [-0.39, 0.29) is 69.6 Å². The van der Waals surface area contributed by atoms with Crippen molar-refractivity contribution in [3.05, 3.63) is 59.1 Å². The van der Waals surface area contributed by atoms with Crippen molar-refractivity contribution < 1.29 is 68.1 Å². The molecule has 0 aliphatic heterocycles. The van der Waals surface area contributed by atoms with Gasteiger partial charge in [0.05, 0.1) is 36.5 Å². The summed E-state index contributed by atoms with van der Waals surface area (Å²) in [6.45, 7) is 0.533. The Hall–Kier alpha value is -7.39. The number of nitrogens with two attached hydrogens (primary N) is 3. The van der Waals surface area contributed by atoms with E-state index in [2.05, 4.69) is 48.7 Å². The summed E-state index contributed by atoms with van der Waals surface area (Å²) < 4.78 is 0. The second-order valence-corrected chi connectivity index (χ2v) is 15.1. The van der Waals surface area contributed by atoms with E-state index in [0.717, 1.165) is 0 Å². The third kappa shape index (κ3) is 20.9. The van der Waals surface area contributed by atoms with Crippen LogP contribution in [-0.2, 0) is 52.7 Å². The molecule has 0 aromatic rings. The second kappa shape index (κ2) is 29.1. The number of aliphatic carboxylic acids is 3. The zero-order chi connectivity index (χ0) is 49.2. The van der Waals surface area contributed by atoms with Gasteiger partial charge in [0, 0.05) is 13.1 Å². The van der Waals surface area contributed by atoms with Crippen LogP contribution in [0.2, 0.25) is 0 Å². The topological polar surface area (TPSA) is 411 Å². The maximum absolute atomic E-state index is 13.7. The molecule has 0 aromatic heterocycles. The summed E-state index contributed by atoms with van der Waals surface area (Å²) in [6, 6.07) is -9.71. The highest BCUT2D eigenvalue weighted by Crippen LogP contribution is 2.10. The van der Waals surface area contributed by atoms with Crippen molar-refractivity contribution in [1.82, 2.24) is 37.2 Å². The van der Waals surface area contributed by atoms with Crippen LogP contribution in [0.3, 0.4) is 0 Å². The number of primary amides is 1. The van der Waals surface area contributed by atoms with Gasteiger partial charge in [0.15, 0.2) is 0 Å². The van der Waals surface area contributed by atoms with E-state index >= 15 is 0 Å². The van der Waals surface area contributed by atoms with E-state index in [4.69, 9.17) is 17.2 Å².